The first-order chi connectivity index (χ1) is 10.2. The lowest BCUT2D eigenvalue weighted by Gasteiger charge is -2.19. The van der Waals surface area contributed by atoms with Crippen LogP contribution in [0.5, 0.6) is 0 Å². The first-order valence-electron chi connectivity index (χ1n) is 8.13. The Bertz CT molecular complexity index is 524. The lowest BCUT2D eigenvalue weighted by molar-refractivity contribution is -0.134. The van der Waals surface area contributed by atoms with Gasteiger partial charge in [-0.15, -0.1) is 0 Å². The molecule has 0 bridgehead atoms. The number of rotatable bonds is 3. The number of piperidine rings is 1. The second-order valence-corrected chi connectivity index (χ2v) is 7.83. The number of nitrogens with zero attached hydrogens (tertiary/aromatic N) is 2. The number of fused-ring (bicyclic) bond motifs is 1. The Morgan fingerprint density at radius 1 is 1.55 bits per heavy atom. The smallest absolute Gasteiger partial charge is 0.300 e. The van der Waals surface area contributed by atoms with Gasteiger partial charge >= 0.3 is 0 Å². The molecule has 0 aromatic carbocycles. The topological polar surface area (TPSA) is 69.2 Å². The van der Waals surface area contributed by atoms with Crippen LogP contribution >= 0.6 is 0 Å². The molecule has 1 aromatic heterocycles. The Labute approximate surface area is 133 Å². The van der Waals surface area contributed by atoms with Gasteiger partial charge in [-0.2, -0.15) is 5.10 Å². The molecule has 1 aliphatic carbocycles. The van der Waals surface area contributed by atoms with Crippen LogP contribution in [0.15, 0.2) is 6.07 Å². The van der Waals surface area contributed by atoms with Gasteiger partial charge in [0.25, 0.3) is 5.97 Å². The summed E-state index contributed by atoms with van der Waals surface area (Å²) in [6.07, 6.45) is 2.82. The van der Waals surface area contributed by atoms with Crippen molar-refractivity contribution in [2.75, 3.05) is 13.1 Å². The van der Waals surface area contributed by atoms with E-state index in [9.17, 15) is 0 Å². The van der Waals surface area contributed by atoms with Crippen molar-refractivity contribution in [2.24, 2.45) is 11.3 Å². The number of aromatic nitrogens is 2. The van der Waals surface area contributed by atoms with Crippen LogP contribution in [0.25, 0.3) is 0 Å². The van der Waals surface area contributed by atoms with Crippen molar-refractivity contribution in [2.45, 2.75) is 59.4 Å². The summed E-state index contributed by atoms with van der Waals surface area (Å²) in [4.78, 5) is 11.6. The summed E-state index contributed by atoms with van der Waals surface area (Å²) < 4.78 is 0. The first-order valence-corrected chi connectivity index (χ1v) is 8.13. The fourth-order valence-corrected chi connectivity index (χ4v) is 3.44. The monoisotopic (exact) mass is 307 g/mol. The minimum absolute atomic E-state index is 0.145. The summed E-state index contributed by atoms with van der Waals surface area (Å²) >= 11 is 0. The summed E-state index contributed by atoms with van der Waals surface area (Å²) in [6.45, 7) is 13.7. The minimum atomic E-state index is -0.833. The summed E-state index contributed by atoms with van der Waals surface area (Å²) in [5, 5.41) is 15.1. The van der Waals surface area contributed by atoms with E-state index in [0.717, 1.165) is 19.4 Å². The minimum Gasteiger partial charge on any atom is -0.481 e. The zero-order valence-corrected chi connectivity index (χ0v) is 14.4. The summed E-state index contributed by atoms with van der Waals surface area (Å²) in [6, 6.07) is 2.24. The highest BCUT2D eigenvalue weighted by molar-refractivity contribution is 5.62. The first kappa shape index (κ1) is 17.0. The lowest BCUT2D eigenvalue weighted by atomic mass is 9.92. The largest absolute Gasteiger partial charge is 0.481 e. The summed E-state index contributed by atoms with van der Waals surface area (Å²) in [7, 11) is 0. The van der Waals surface area contributed by atoms with Gasteiger partial charge in [0.1, 0.15) is 0 Å². The Morgan fingerprint density at radius 3 is 2.64 bits per heavy atom. The second kappa shape index (κ2) is 6.03. The van der Waals surface area contributed by atoms with Crippen LogP contribution in [-0.2, 0) is 16.8 Å². The maximum atomic E-state index is 9.00. The van der Waals surface area contributed by atoms with Crippen LogP contribution in [0, 0.1) is 11.3 Å². The van der Waals surface area contributed by atoms with Crippen LogP contribution in [0.4, 0.5) is 0 Å². The Hall–Kier alpha value is -1.36. The number of hydrogen-bond acceptors (Lipinski definition) is 3. The van der Waals surface area contributed by atoms with Crippen LogP contribution < -0.4 is 0 Å². The standard InChI is InChI=1S/C15H25N3.C2H4O2/c1-5-15-7-11(15)8-18(10-15)9-12-6-13(17-16-12)14(2,3)4;1-2(3)4/h6,11H,5,7-10H2,1-4H3,(H,16,17);1H3,(H,3,4). The number of likely N-dealkylation sites (tertiary alicyclic amines) is 1. The fourth-order valence-electron chi connectivity index (χ4n) is 3.44. The average Bonchev–Trinajstić information content (AvgIpc) is 2.74. The average molecular weight is 307 g/mol. The highest BCUT2D eigenvalue weighted by atomic mass is 16.4. The second-order valence-electron chi connectivity index (χ2n) is 7.83. The van der Waals surface area contributed by atoms with Gasteiger partial charge in [0, 0.05) is 37.7 Å². The Morgan fingerprint density at radius 2 is 2.18 bits per heavy atom. The van der Waals surface area contributed by atoms with E-state index in [2.05, 4.69) is 48.9 Å². The van der Waals surface area contributed by atoms with Gasteiger partial charge in [-0.1, -0.05) is 27.7 Å². The van der Waals surface area contributed by atoms with Crippen LogP contribution in [0.1, 0.15) is 58.8 Å². The van der Waals surface area contributed by atoms with Crippen molar-refractivity contribution in [1.29, 1.82) is 0 Å². The molecule has 1 aromatic rings. The maximum absolute atomic E-state index is 9.00. The molecular weight excluding hydrogens is 278 g/mol. The molecule has 22 heavy (non-hydrogen) atoms. The number of nitrogens with one attached hydrogen (secondary N) is 1. The third-order valence-corrected chi connectivity index (χ3v) is 4.87. The molecule has 3 rings (SSSR count). The van der Waals surface area contributed by atoms with Crippen molar-refractivity contribution >= 4 is 5.97 Å². The quantitative estimate of drug-likeness (QED) is 0.900. The number of hydrogen-bond donors (Lipinski definition) is 2. The highest BCUT2D eigenvalue weighted by Gasteiger charge is 2.57. The molecule has 2 fully saturated rings. The molecule has 2 atom stereocenters. The predicted molar refractivity (Wildman–Crippen MR) is 86.7 cm³/mol. The maximum Gasteiger partial charge on any atom is 0.300 e. The van der Waals surface area contributed by atoms with Gasteiger partial charge in [0.15, 0.2) is 0 Å². The predicted octanol–water partition coefficient (Wildman–Crippen LogP) is 3.03. The molecule has 2 N–H and O–H groups in total. The van der Waals surface area contributed by atoms with Crippen molar-refractivity contribution < 1.29 is 9.90 Å². The van der Waals surface area contributed by atoms with Crippen molar-refractivity contribution in [3.05, 3.63) is 17.5 Å². The number of H-pyrrole nitrogens is 1. The zero-order chi connectivity index (χ0) is 16.5. The molecule has 0 radical (unpaired) electrons. The number of aromatic amines is 1. The van der Waals surface area contributed by atoms with Gasteiger partial charge < -0.3 is 5.11 Å². The van der Waals surface area contributed by atoms with Gasteiger partial charge in [-0.05, 0) is 30.2 Å². The molecular formula is C17H29N3O2. The van der Waals surface area contributed by atoms with Crippen molar-refractivity contribution in [1.82, 2.24) is 15.1 Å². The van der Waals surface area contributed by atoms with E-state index in [0.29, 0.717) is 5.41 Å². The Kier molecular flexibility index (Phi) is 4.66. The van der Waals surface area contributed by atoms with E-state index in [1.165, 1.54) is 37.3 Å². The molecule has 5 nitrogen and oxygen atoms in total. The molecule has 5 heteroatoms. The van der Waals surface area contributed by atoms with Gasteiger partial charge in [0.05, 0.1) is 5.69 Å². The van der Waals surface area contributed by atoms with Gasteiger partial charge in [0.2, 0.25) is 0 Å². The normalized spacial score (nSPS) is 27.0. The Balaban J connectivity index is 0.000000396. The highest BCUT2D eigenvalue weighted by Crippen LogP contribution is 2.59. The van der Waals surface area contributed by atoms with Crippen LogP contribution in [0.3, 0.4) is 0 Å². The van der Waals surface area contributed by atoms with E-state index in [1.807, 2.05) is 0 Å². The third-order valence-electron chi connectivity index (χ3n) is 4.87. The number of carbonyl (C=O) groups is 1. The van der Waals surface area contributed by atoms with Gasteiger partial charge in [-0.3, -0.25) is 14.8 Å². The van der Waals surface area contributed by atoms with Crippen LogP contribution in [0.2, 0.25) is 0 Å². The third kappa shape index (κ3) is 3.88. The summed E-state index contributed by atoms with van der Waals surface area (Å²) in [5.74, 6) is 0.146. The number of carboxylic acid groups (broad SMARTS) is 1. The van der Waals surface area contributed by atoms with E-state index in [1.54, 1.807) is 0 Å². The summed E-state index contributed by atoms with van der Waals surface area (Å²) in [5.41, 5.74) is 3.28. The molecule has 124 valence electrons. The zero-order valence-electron chi connectivity index (χ0n) is 14.4. The van der Waals surface area contributed by atoms with Crippen molar-refractivity contribution in [3.63, 3.8) is 0 Å². The SMILES string of the molecule is CC(=O)O.CCC12CC1CN(Cc1cc(C(C)(C)C)n[nH]1)C2. The fraction of sp³-hybridized carbons (Fsp3) is 0.765. The molecule has 1 saturated carbocycles. The number of aliphatic carboxylic acids is 1. The number of carboxylic acids is 1. The van der Waals surface area contributed by atoms with E-state index < -0.39 is 5.97 Å². The van der Waals surface area contributed by atoms with Crippen molar-refractivity contribution in [3.8, 4) is 0 Å². The molecule has 1 saturated heterocycles. The molecule has 2 aliphatic rings. The molecule has 2 heterocycles. The molecule has 0 spiro atoms. The van der Waals surface area contributed by atoms with E-state index in [4.69, 9.17) is 9.90 Å². The lowest BCUT2D eigenvalue weighted by Crippen LogP contribution is -2.24. The molecule has 0 amide bonds. The van der Waals surface area contributed by atoms with E-state index >= 15 is 0 Å². The molecule has 1 aliphatic heterocycles. The van der Waals surface area contributed by atoms with E-state index in [-0.39, 0.29) is 5.41 Å². The molecule has 2 unspecified atom stereocenters. The van der Waals surface area contributed by atoms with Crippen LogP contribution in [-0.4, -0.2) is 39.3 Å². The van der Waals surface area contributed by atoms with Gasteiger partial charge in [-0.25, -0.2) is 0 Å².